The number of aryl methyl sites for hydroxylation is 4. The third-order valence-electron chi connectivity index (χ3n) is 8.18. The van der Waals surface area contributed by atoms with Gasteiger partial charge in [0.15, 0.2) is 17.4 Å². The number of ether oxygens (including phenoxy) is 1. The highest BCUT2D eigenvalue weighted by Crippen LogP contribution is 2.18. The molecule has 0 aliphatic rings. The van der Waals surface area contributed by atoms with Crippen molar-refractivity contribution in [2.45, 2.75) is 71.8 Å². The smallest absolute Gasteiger partial charge is 0.310 e. The number of carbonyl (C=O) groups is 5. The molecule has 0 aliphatic heterocycles. The van der Waals surface area contributed by atoms with Crippen LogP contribution in [0.2, 0.25) is 0 Å². The summed E-state index contributed by atoms with van der Waals surface area (Å²) >= 11 is 0. The first-order chi connectivity index (χ1) is 22.9. The van der Waals surface area contributed by atoms with Crippen molar-refractivity contribution in [1.29, 1.82) is 0 Å². The van der Waals surface area contributed by atoms with Gasteiger partial charge in [0, 0.05) is 79.4 Å². The van der Waals surface area contributed by atoms with Crippen LogP contribution >= 0.6 is 0 Å². The van der Waals surface area contributed by atoms with Crippen molar-refractivity contribution in [3.63, 3.8) is 0 Å². The Labute approximate surface area is 287 Å². The lowest BCUT2D eigenvalue weighted by atomic mass is 10.1. The minimum Gasteiger partial charge on any atom is -0.460 e. The molecule has 49 heavy (non-hydrogen) atoms. The molecule has 0 aromatic carbocycles. The third-order valence-corrected chi connectivity index (χ3v) is 8.18. The minimum atomic E-state index is -0.597. The lowest BCUT2D eigenvalue weighted by molar-refractivity contribution is -0.153. The number of unbranched alkanes of at least 4 members (excludes halogenated alkanes) is 1. The quantitative estimate of drug-likeness (QED) is 0.135. The zero-order valence-electron chi connectivity index (χ0n) is 30.1. The molecule has 0 unspecified atom stereocenters. The van der Waals surface area contributed by atoms with Crippen molar-refractivity contribution >= 4 is 29.2 Å². The van der Waals surface area contributed by atoms with Crippen LogP contribution in [0.4, 0.5) is 0 Å². The fraction of sp³-hybridized carbons (Fsp3) is 0.459. The van der Waals surface area contributed by atoms with Crippen molar-refractivity contribution in [2.75, 3.05) is 13.6 Å². The van der Waals surface area contributed by atoms with Crippen LogP contribution in [0.15, 0.2) is 43.0 Å². The summed E-state index contributed by atoms with van der Waals surface area (Å²) in [5, 5.41) is 0. The SMILES string of the molecule is CCCCN(C)C(=O)c1cc(CC(=O)c2cc(CC(=O)c3nc(CC(=O)c4cc(CC(=O)OC(C)(C)C)cn4C)cn3C)cn2C)cn1C. The molecule has 0 aliphatic carbocycles. The zero-order valence-corrected chi connectivity index (χ0v) is 30.1. The van der Waals surface area contributed by atoms with Gasteiger partial charge in [-0.05, 0) is 62.1 Å². The number of Topliss-reactive ketones (excluding diaryl/α,β-unsaturated/α-hetero) is 3. The lowest BCUT2D eigenvalue weighted by Gasteiger charge is -2.19. The topological polar surface area (TPSA) is 130 Å². The second-order valence-electron chi connectivity index (χ2n) is 13.8. The Morgan fingerprint density at radius 3 is 1.73 bits per heavy atom. The van der Waals surface area contributed by atoms with Gasteiger partial charge in [-0.1, -0.05) is 13.3 Å². The number of esters is 1. The van der Waals surface area contributed by atoms with Crippen LogP contribution in [-0.2, 0) is 63.4 Å². The molecule has 0 atom stereocenters. The Kier molecular flexibility index (Phi) is 11.3. The maximum atomic E-state index is 13.3. The molecule has 0 saturated heterocycles. The molecule has 4 rings (SSSR count). The summed E-state index contributed by atoms with van der Waals surface area (Å²) in [5.74, 6) is -0.813. The summed E-state index contributed by atoms with van der Waals surface area (Å²) in [7, 11) is 8.79. The van der Waals surface area contributed by atoms with Crippen LogP contribution in [0.3, 0.4) is 0 Å². The monoisotopic (exact) mass is 672 g/mol. The third kappa shape index (κ3) is 9.33. The number of hydrogen-bond donors (Lipinski definition) is 0. The molecule has 4 heterocycles. The van der Waals surface area contributed by atoms with Crippen molar-refractivity contribution < 1.29 is 28.7 Å². The highest BCUT2D eigenvalue weighted by molar-refractivity contribution is 5.99. The van der Waals surface area contributed by atoms with E-state index in [1.54, 1.807) is 122 Å². The van der Waals surface area contributed by atoms with E-state index in [4.69, 9.17) is 4.74 Å². The lowest BCUT2D eigenvalue weighted by Crippen LogP contribution is -2.29. The maximum absolute atomic E-state index is 13.3. The van der Waals surface area contributed by atoms with Crippen LogP contribution < -0.4 is 0 Å². The van der Waals surface area contributed by atoms with Gasteiger partial charge in [0.25, 0.3) is 5.91 Å². The molecule has 0 bridgehead atoms. The van der Waals surface area contributed by atoms with Gasteiger partial charge in [-0.3, -0.25) is 24.0 Å². The highest BCUT2D eigenvalue weighted by Gasteiger charge is 2.23. The second-order valence-corrected chi connectivity index (χ2v) is 13.8. The summed E-state index contributed by atoms with van der Waals surface area (Å²) < 4.78 is 12.1. The van der Waals surface area contributed by atoms with Gasteiger partial charge >= 0.3 is 5.97 Å². The number of rotatable bonds is 15. The summed E-state index contributed by atoms with van der Waals surface area (Å²) in [6.07, 6.45) is 9.05. The average molecular weight is 673 g/mol. The van der Waals surface area contributed by atoms with E-state index in [1.165, 1.54) is 0 Å². The standard InChI is InChI=1S/C37H48N6O6/c1-10-11-12-39(5)36(48)30-15-25(21-42(30)8)16-31(44)28-13-24(20-40(28)6)17-33(46)35-38-27(23-43(35)9)19-32(45)29-14-26(22-41(29)7)18-34(47)49-37(2,3)4/h13-15,20-23H,10-12,16-19H2,1-9H3. The second kappa shape index (κ2) is 15.0. The van der Waals surface area contributed by atoms with Gasteiger partial charge in [0.1, 0.15) is 11.3 Å². The predicted octanol–water partition coefficient (Wildman–Crippen LogP) is 4.47. The Morgan fingerprint density at radius 1 is 0.694 bits per heavy atom. The van der Waals surface area contributed by atoms with E-state index >= 15 is 0 Å². The van der Waals surface area contributed by atoms with E-state index in [-0.39, 0.29) is 60.7 Å². The molecular weight excluding hydrogens is 624 g/mol. The summed E-state index contributed by atoms with van der Waals surface area (Å²) in [6.45, 7) is 8.16. The molecule has 4 aromatic rings. The molecule has 262 valence electrons. The largest absolute Gasteiger partial charge is 0.460 e. The van der Waals surface area contributed by atoms with E-state index in [2.05, 4.69) is 11.9 Å². The molecule has 12 nitrogen and oxygen atoms in total. The van der Waals surface area contributed by atoms with Gasteiger partial charge in [-0.15, -0.1) is 0 Å². The number of amides is 1. The molecule has 0 N–H and O–H groups in total. The Balaban J connectivity index is 1.38. The van der Waals surface area contributed by atoms with Crippen LogP contribution in [0.1, 0.15) is 105 Å². The molecule has 1 amide bonds. The average Bonchev–Trinajstić information content (AvgIpc) is 3.75. The van der Waals surface area contributed by atoms with Crippen molar-refractivity contribution in [3.05, 3.63) is 88.3 Å². The maximum Gasteiger partial charge on any atom is 0.310 e. The Hall–Kier alpha value is -5.00. The van der Waals surface area contributed by atoms with Gasteiger partial charge in [0.05, 0.1) is 29.9 Å². The van der Waals surface area contributed by atoms with Crippen LogP contribution in [0, 0.1) is 0 Å². The first-order valence-corrected chi connectivity index (χ1v) is 16.5. The summed E-state index contributed by atoms with van der Waals surface area (Å²) in [4.78, 5) is 71.1. The number of hydrogen-bond acceptors (Lipinski definition) is 7. The van der Waals surface area contributed by atoms with Gasteiger partial charge in [-0.25, -0.2) is 4.98 Å². The van der Waals surface area contributed by atoms with Crippen LogP contribution in [0.25, 0.3) is 0 Å². The zero-order chi connectivity index (χ0) is 36.2. The number of nitrogens with zero attached hydrogens (tertiary/aromatic N) is 6. The van der Waals surface area contributed by atoms with E-state index in [1.807, 2.05) is 0 Å². The summed E-state index contributed by atoms with van der Waals surface area (Å²) in [5.41, 5.74) is 3.35. The molecule has 0 saturated carbocycles. The summed E-state index contributed by atoms with van der Waals surface area (Å²) in [6, 6.07) is 5.16. The highest BCUT2D eigenvalue weighted by atomic mass is 16.6. The van der Waals surface area contributed by atoms with Crippen LogP contribution in [0.5, 0.6) is 0 Å². The normalized spacial score (nSPS) is 11.5. The molecule has 12 heteroatoms. The van der Waals surface area contributed by atoms with Crippen molar-refractivity contribution in [2.24, 2.45) is 28.2 Å². The van der Waals surface area contributed by atoms with Gasteiger partial charge in [0.2, 0.25) is 5.78 Å². The van der Waals surface area contributed by atoms with Gasteiger partial charge < -0.3 is 27.9 Å². The first-order valence-electron chi connectivity index (χ1n) is 16.5. The van der Waals surface area contributed by atoms with E-state index in [9.17, 15) is 24.0 Å². The molecule has 0 radical (unpaired) electrons. The molecule has 4 aromatic heterocycles. The van der Waals surface area contributed by atoms with Gasteiger partial charge in [-0.2, -0.15) is 0 Å². The van der Waals surface area contributed by atoms with E-state index in [0.717, 1.165) is 18.4 Å². The van der Waals surface area contributed by atoms with Crippen molar-refractivity contribution in [1.82, 2.24) is 28.2 Å². The number of imidazole rings is 1. The minimum absolute atomic E-state index is 0.0172. The Bertz CT molecular complexity index is 1880. The predicted molar refractivity (Wildman–Crippen MR) is 185 cm³/mol. The number of aromatic nitrogens is 5. The van der Waals surface area contributed by atoms with Crippen molar-refractivity contribution in [3.8, 4) is 0 Å². The molecule has 0 spiro atoms. The van der Waals surface area contributed by atoms with E-state index < -0.39 is 5.60 Å². The molecular formula is C37H48N6O6. The number of carbonyl (C=O) groups excluding carboxylic acids is 5. The van der Waals surface area contributed by atoms with Crippen LogP contribution in [-0.4, -0.2) is 76.6 Å². The number of ketones is 3. The Morgan fingerprint density at radius 2 is 1.18 bits per heavy atom. The molecule has 0 fully saturated rings. The first kappa shape index (κ1) is 36.8. The van der Waals surface area contributed by atoms with E-state index in [0.29, 0.717) is 40.4 Å². The fourth-order valence-electron chi connectivity index (χ4n) is 5.86. The fourth-order valence-corrected chi connectivity index (χ4v) is 5.86.